The van der Waals surface area contributed by atoms with Gasteiger partial charge < -0.3 is 20.1 Å². The number of Topliss-reactive ketones (excluding diaryl/α,β-unsaturated/α-hetero) is 1. The lowest BCUT2D eigenvalue weighted by Crippen LogP contribution is -2.45. The first-order valence-corrected chi connectivity index (χ1v) is 10.1. The molecule has 0 unspecified atom stereocenters. The zero-order valence-electron chi connectivity index (χ0n) is 18.7. The molecule has 1 rings (SSSR count). The highest BCUT2D eigenvalue weighted by molar-refractivity contribution is 5.83. The van der Waals surface area contributed by atoms with Crippen molar-refractivity contribution < 1.29 is 31.0 Å². The zero-order valence-corrected chi connectivity index (χ0v) is 17.7. The Morgan fingerprint density at radius 2 is 1.44 bits per heavy atom. The van der Waals surface area contributed by atoms with Gasteiger partial charge in [0, 0.05) is 23.7 Å². The number of esters is 1. The Kier molecular flexibility index (Phi) is 8.25. The van der Waals surface area contributed by atoms with Gasteiger partial charge in [-0.1, -0.05) is 41.5 Å². The molecule has 0 saturated carbocycles. The molecule has 0 spiro atoms. The van der Waals surface area contributed by atoms with Crippen molar-refractivity contribution in [1.29, 1.82) is 0 Å². The maximum absolute atomic E-state index is 12.8. The molecule has 0 aliphatic carbocycles. The molecule has 0 radical (unpaired) electrons. The minimum atomic E-state index is -1.72. The molecule has 0 aromatic heterocycles. The van der Waals surface area contributed by atoms with E-state index in [2.05, 4.69) is 0 Å². The van der Waals surface area contributed by atoms with Crippen LogP contribution in [-0.4, -0.2) is 51.5 Å². The highest BCUT2D eigenvalue weighted by atomic mass is 16.6. The molecule has 0 bridgehead atoms. The van der Waals surface area contributed by atoms with Crippen LogP contribution in [0.3, 0.4) is 0 Å². The van der Waals surface area contributed by atoms with Crippen molar-refractivity contribution in [2.75, 3.05) is 0 Å². The Morgan fingerprint density at radius 1 is 0.926 bits per heavy atom. The second-order valence-electron chi connectivity index (χ2n) is 8.45. The number of aliphatic hydroxyl groups is 3. The molecule has 6 nitrogen and oxygen atoms in total. The molecule has 158 valence electrons. The van der Waals surface area contributed by atoms with Gasteiger partial charge in [0.2, 0.25) is 0 Å². The molecule has 1 aliphatic rings. The predicted molar refractivity (Wildman–Crippen MR) is 103 cm³/mol. The topological polar surface area (TPSA) is 104 Å². The lowest BCUT2D eigenvalue weighted by atomic mass is 9.78. The summed E-state index contributed by atoms with van der Waals surface area (Å²) >= 11 is 0. The van der Waals surface area contributed by atoms with Crippen molar-refractivity contribution in [3.8, 4) is 0 Å². The van der Waals surface area contributed by atoms with Crippen LogP contribution in [0.25, 0.3) is 0 Å². The SMILES string of the molecule is [2H][13C@]1(CC)OC(=O)[C@H](C)[C@@H](O)[C@H](C)[C@@H](O)[C@@H](C)C[C@@H](C)C(=O)[C@H](C)[C@@H](O)[C@H]1C. The number of cyclic esters (lactones) is 1. The summed E-state index contributed by atoms with van der Waals surface area (Å²) < 4.78 is 14.0. The molecule has 0 aromatic carbocycles. The standard InChI is InChI=1S/C21H38O6/c1-8-16-12(4)19(24)13(5)17(22)10(2)9-11(3)18(23)14(6)20(25)15(7)21(26)27-16/h10-16,18-20,23-25H,8-9H2,1-7H3/t10-,11+,12+,13+,14-,15-,16-,18+,19+,20+/m1/s1/i16+1D. The molecule has 1 heterocycles. The fraction of sp³-hybridized carbons (Fsp3) is 0.905. The molecule has 0 aromatic rings. The number of hydrogen-bond donors (Lipinski definition) is 3. The first-order chi connectivity index (χ1) is 12.8. The zero-order chi connectivity index (χ0) is 22.0. The number of carbonyl (C=O) groups excluding carboxylic acids is 2. The Hall–Kier alpha value is -0.980. The minimum Gasteiger partial charge on any atom is -0.462 e. The van der Waals surface area contributed by atoms with Crippen LogP contribution in [0.1, 0.15) is 62.7 Å². The number of hydrogen-bond acceptors (Lipinski definition) is 6. The van der Waals surface area contributed by atoms with Crippen LogP contribution >= 0.6 is 0 Å². The lowest BCUT2D eigenvalue weighted by Gasteiger charge is -2.35. The van der Waals surface area contributed by atoms with Gasteiger partial charge in [-0.3, -0.25) is 9.59 Å². The van der Waals surface area contributed by atoms with Crippen molar-refractivity contribution in [1.82, 2.24) is 0 Å². The molecule has 0 amide bonds. The molecule has 1 saturated heterocycles. The van der Waals surface area contributed by atoms with Gasteiger partial charge in [-0.05, 0) is 25.7 Å². The highest BCUT2D eigenvalue weighted by Crippen LogP contribution is 2.30. The van der Waals surface area contributed by atoms with E-state index < -0.39 is 60.0 Å². The minimum absolute atomic E-state index is 0.130. The van der Waals surface area contributed by atoms with Crippen LogP contribution in [-0.2, 0) is 14.3 Å². The first kappa shape index (κ1) is 22.3. The maximum Gasteiger partial charge on any atom is 0.311 e. The highest BCUT2D eigenvalue weighted by Gasteiger charge is 2.39. The molecule has 6 heteroatoms. The molecule has 3 N–H and O–H groups in total. The second kappa shape index (κ2) is 9.99. The van der Waals surface area contributed by atoms with E-state index in [0.29, 0.717) is 6.42 Å². The van der Waals surface area contributed by atoms with Crippen molar-refractivity contribution in [2.45, 2.75) is 85.7 Å². The molecular weight excluding hydrogens is 349 g/mol. The predicted octanol–water partition coefficient (Wildman–Crippen LogP) is 2.18. The van der Waals surface area contributed by atoms with Crippen molar-refractivity contribution in [2.24, 2.45) is 35.5 Å². The van der Waals surface area contributed by atoms with Gasteiger partial charge in [0.25, 0.3) is 0 Å². The normalized spacial score (nSPS) is 49.1. The first-order valence-electron chi connectivity index (χ1n) is 10.6. The summed E-state index contributed by atoms with van der Waals surface area (Å²) in [4.78, 5) is 25.4. The third-order valence-corrected chi connectivity index (χ3v) is 6.32. The monoisotopic (exact) mass is 388 g/mol. The van der Waals surface area contributed by atoms with E-state index in [-0.39, 0.29) is 18.1 Å². The van der Waals surface area contributed by atoms with Crippen LogP contribution in [0.5, 0.6) is 0 Å². The Morgan fingerprint density at radius 3 is 1.96 bits per heavy atom. The number of ketones is 1. The number of carbonyl (C=O) groups is 2. The summed E-state index contributed by atoms with van der Waals surface area (Å²) in [6, 6.07) is 0. The van der Waals surface area contributed by atoms with E-state index >= 15 is 0 Å². The molecule has 1 aliphatic heterocycles. The fourth-order valence-corrected chi connectivity index (χ4v) is 4.08. The van der Waals surface area contributed by atoms with E-state index in [4.69, 9.17) is 6.11 Å². The van der Waals surface area contributed by atoms with Gasteiger partial charge in [-0.15, -0.1) is 0 Å². The van der Waals surface area contributed by atoms with Crippen LogP contribution in [0.4, 0.5) is 0 Å². The molecule has 27 heavy (non-hydrogen) atoms. The summed E-state index contributed by atoms with van der Waals surface area (Å²) in [5, 5.41) is 32.0. The smallest absolute Gasteiger partial charge is 0.311 e. The van der Waals surface area contributed by atoms with Gasteiger partial charge in [0.05, 0.1) is 25.6 Å². The van der Waals surface area contributed by atoms with Crippen LogP contribution in [0, 0.1) is 35.5 Å². The maximum atomic E-state index is 12.8. The van der Waals surface area contributed by atoms with E-state index in [1.165, 1.54) is 6.92 Å². The Bertz CT molecular complexity index is 555. The van der Waals surface area contributed by atoms with Gasteiger partial charge in [0.1, 0.15) is 11.9 Å². The summed E-state index contributed by atoms with van der Waals surface area (Å²) in [6.07, 6.45) is -4.40. The summed E-state index contributed by atoms with van der Waals surface area (Å²) in [6.45, 7) is 11.7. The van der Waals surface area contributed by atoms with E-state index in [1.54, 1.807) is 34.6 Å². The average molecular weight is 389 g/mol. The number of aliphatic hydroxyl groups excluding tert-OH is 3. The van der Waals surface area contributed by atoms with Crippen LogP contribution in [0.2, 0.25) is 0 Å². The lowest BCUT2D eigenvalue weighted by molar-refractivity contribution is -0.166. The van der Waals surface area contributed by atoms with E-state index in [1.807, 2.05) is 6.92 Å². The average Bonchev–Trinajstić information content (AvgIpc) is 2.67. The van der Waals surface area contributed by atoms with Crippen molar-refractivity contribution >= 4 is 11.8 Å². The van der Waals surface area contributed by atoms with Gasteiger partial charge in [-0.25, -0.2) is 0 Å². The summed E-state index contributed by atoms with van der Waals surface area (Å²) in [7, 11) is 0. The largest absolute Gasteiger partial charge is 0.462 e. The molecular formula is C21H38O6. The van der Waals surface area contributed by atoms with Gasteiger partial charge >= 0.3 is 5.97 Å². The Labute approximate surface area is 164 Å². The summed E-state index contributed by atoms with van der Waals surface area (Å²) in [5.74, 6) is -4.63. The van der Waals surface area contributed by atoms with E-state index in [0.717, 1.165) is 0 Å². The van der Waals surface area contributed by atoms with Crippen molar-refractivity contribution in [3.05, 3.63) is 0 Å². The second-order valence-corrected chi connectivity index (χ2v) is 8.45. The number of rotatable bonds is 1. The Balaban J connectivity index is 3.34. The third kappa shape index (κ3) is 5.52. The van der Waals surface area contributed by atoms with Gasteiger partial charge in [-0.2, -0.15) is 0 Å². The molecule has 10 atom stereocenters. The van der Waals surface area contributed by atoms with Crippen LogP contribution < -0.4 is 0 Å². The summed E-state index contributed by atoms with van der Waals surface area (Å²) in [5.41, 5.74) is 0. The van der Waals surface area contributed by atoms with E-state index in [9.17, 15) is 24.9 Å². The number of ether oxygens (including phenoxy) is 1. The fourth-order valence-electron chi connectivity index (χ4n) is 4.08. The third-order valence-electron chi connectivity index (χ3n) is 6.32. The molecule has 1 fully saturated rings. The van der Waals surface area contributed by atoms with Crippen molar-refractivity contribution in [3.63, 3.8) is 0 Å². The quantitative estimate of drug-likeness (QED) is 0.470. The van der Waals surface area contributed by atoms with Crippen LogP contribution in [0.15, 0.2) is 0 Å². The van der Waals surface area contributed by atoms with Gasteiger partial charge in [0.15, 0.2) is 0 Å².